The van der Waals surface area contributed by atoms with E-state index in [2.05, 4.69) is 24.9 Å². The lowest BCUT2D eigenvalue weighted by Gasteiger charge is -2.11. The Morgan fingerprint density at radius 1 is 1.07 bits per heavy atom. The molecule has 0 fully saturated rings. The monoisotopic (exact) mass is 198 g/mol. The normalized spacial score (nSPS) is 10.3. The Morgan fingerprint density at radius 2 is 1.87 bits per heavy atom. The second-order valence-electron chi connectivity index (χ2n) is 3.73. The Kier molecular flexibility index (Phi) is 2.42. The van der Waals surface area contributed by atoms with Gasteiger partial charge in [-0.3, -0.25) is 4.98 Å². The number of hydrogen-bond donors (Lipinski definition) is 1. The highest BCUT2D eigenvalue weighted by Crippen LogP contribution is 2.30. The molecule has 2 rings (SSSR count). The van der Waals surface area contributed by atoms with Crippen LogP contribution in [0.3, 0.4) is 0 Å². The summed E-state index contributed by atoms with van der Waals surface area (Å²) in [5, 5.41) is 0. The highest BCUT2D eigenvalue weighted by atomic mass is 14.6. The van der Waals surface area contributed by atoms with Crippen LogP contribution >= 0.6 is 0 Å². The number of aryl methyl sites for hydroxylation is 2. The average Bonchev–Trinajstić information content (AvgIpc) is 2.20. The molecule has 76 valence electrons. The Balaban J connectivity index is 2.69. The van der Waals surface area contributed by atoms with E-state index >= 15 is 0 Å². The minimum atomic E-state index is 0.811. The predicted molar refractivity (Wildman–Crippen MR) is 63.6 cm³/mol. The third-order valence-corrected chi connectivity index (χ3v) is 2.61. The first-order chi connectivity index (χ1) is 7.20. The zero-order chi connectivity index (χ0) is 10.8. The van der Waals surface area contributed by atoms with Gasteiger partial charge in [-0.25, -0.2) is 0 Å². The quantitative estimate of drug-likeness (QED) is 0.715. The molecule has 0 radical (unpaired) electrons. The molecule has 0 unspecified atom stereocenters. The fraction of sp³-hybridized carbons (Fsp3) is 0.154. The standard InChI is InChI=1S/C13H14N2/c1-9-6-7-15-8-11(9)13-10(2)4-3-5-12(13)14/h3-8H,14H2,1-2H3. The van der Waals surface area contributed by atoms with E-state index in [0.717, 1.165) is 16.8 Å². The van der Waals surface area contributed by atoms with Gasteiger partial charge in [0, 0.05) is 29.2 Å². The number of nitrogens with two attached hydrogens (primary N) is 1. The molecule has 0 amide bonds. The first-order valence-electron chi connectivity index (χ1n) is 4.96. The summed E-state index contributed by atoms with van der Waals surface area (Å²) in [5.41, 5.74) is 11.4. The first-order valence-corrected chi connectivity index (χ1v) is 4.96. The molecule has 0 saturated heterocycles. The fourth-order valence-electron chi connectivity index (χ4n) is 1.78. The Hall–Kier alpha value is -1.83. The van der Waals surface area contributed by atoms with Crippen molar-refractivity contribution in [3.8, 4) is 11.1 Å². The van der Waals surface area contributed by atoms with E-state index in [0.29, 0.717) is 0 Å². The molecule has 0 spiro atoms. The van der Waals surface area contributed by atoms with Gasteiger partial charge in [0.1, 0.15) is 0 Å². The Bertz CT molecular complexity index is 469. The van der Waals surface area contributed by atoms with Crippen LogP contribution in [0.25, 0.3) is 11.1 Å². The molecule has 15 heavy (non-hydrogen) atoms. The number of nitrogens with zero attached hydrogens (tertiary/aromatic N) is 1. The molecular formula is C13H14N2. The van der Waals surface area contributed by atoms with Crippen LogP contribution in [0.4, 0.5) is 5.69 Å². The van der Waals surface area contributed by atoms with Gasteiger partial charge in [-0.1, -0.05) is 12.1 Å². The topological polar surface area (TPSA) is 38.9 Å². The van der Waals surface area contributed by atoms with E-state index in [9.17, 15) is 0 Å². The molecule has 2 heteroatoms. The van der Waals surface area contributed by atoms with E-state index < -0.39 is 0 Å². The number of anilines is 1. The molecule has 0 bridgehead atoms. The van der Waals surface area contributed by atoms with Gasteiger partial charge in [-0.15, -0.1) is 0 Å². The summed E-state index contributed by atoms with van der Waals surface area (Å²) in [6, 6.07) is 7.97. The van der Waals surface area contributed by atoms with Gasteiger partial charge in [-0.05, 0) is 37.1 Å². The van der Waals surface area contributed by atoms with Crippen LogP contribution in [0.2, 0.25) is 0 Å². The maximum atomic E-state index is 5.99. The van der Waals surface area contributed by atoms with E-state index in [1.807, 2.05) is 24.4 Å². The van der Waals surface area contributed by atoms with Gasteiger partial charge in [0.2, 0.25) is 0 Å². The zero-order valence-corrected chi connectivity index (χ0v) is 8.99. The molecule has 0 aliphatic heterocycles. The van der Waals surface area contributed by atoms with Gasteiger partial charge in [0.05, 0.1) is 0 Å². The van der Waals surface area contributed by atoms with Crippen LogP contribution in [0.5, 0.6) is 0 Å². The van der Waals surface area contributed by atoms with Crippen LogP contribution in [0, 0.1) is 13.8 Å². The van der Waals surface area contributed by atoms with Crippen molar-refractivity contribution in [2.75, 3.05) is 5.73 Å². The minimum absolute atomic E-state index is 0.811. The highest BCUT2D eigenvalue weighted by molar-refractivity contribution is 5.80. The van der Waals surface area contributed by atoms with Crippen molar-refractivity contribution in [2.45, 2.75) is 13.8 Å². The molecule has 2 nitrogen and oxygen atoms in total. The van der Waals surface area contributed by atoms with Crippen molar-refractivity contribution in [2.24, 2.45) is 0 Å². The minimum Gasteiger partial charge on any atom is -0.398 e. The molecule has 2 aromatic rings. The van der Waals surface area contributed by atoms with E-state index in [4.69, 9.17) is 5.73 Å². The number of nitrogen functional groups attached to an aromatic ring is 1. The van der Waals surface area contributed by atoms with E-state index in [1.165, 1.54) is 11.1 Å². The molecule has 0 atom stereocenters. The van der Waals surface area contributed by atoms with Gasteiger partial charge >= 0.3 is 0 Å². The van der Waals surface area contributed by atoms with Gasteiger partial charge in [0.15, 0.2) is 0 Å². The van der Waals surface area contributed by atoms with Crippen molar-refractivity contribution < 1.29 is 0 Å². The van der Waals surface area contributed by atoms with E-state index in [-0.39, 0.29) is 0 Å². The summed E-state index contributed by atoms with van der Waals surface area (Å²) < 4.78 is 0. The molecule has 0 aliphatic rings. The summed E-state index contributed by atoms with van der Waals surface area (Å²) >= 11 is 0. The number of aromatic nitrogens is 1. The van der Waals surface area contributed by atoms with Crippen molar-refractivity contribution >= 4 is 5.69 Å². The van der Waals surface area contributed by atoms with Crippen LogP contribution in [-0.4, -0.2) is 4.98 Å². The lowest BCUT2D eigenvalue weighted by Crippen LogP contribution is -1.94. The van der Waals surface area contributed by atoms with Gasteiger partial charge in [0.25, 0.3) is 0 Å². The number of rotatable bonds is 1. The molecular weight excluding hydrogens is 184 g/mol. The summed E-state index contributed by atoms with van der Waals surface area (Å²) in [6.07, 6.45) is 3.67. The van der Waals surface area contributed by atoms with Crippen molar-refractivity contribution in [1.29, 1.82) is 0 Å². The second kappa shape index (κ2) is 3.73. The second-order valence-corrected chi connectivity index (χ2v) is 3.73. The van der Waals surface area contributed by atoms with Crippen molar-refractivity contribution in [3.63, 3.8) is 0 Å². The summed E-state index contributed by atoms with van der Waals surface area (Å²) in [7, 11) is 0. The summed E-state index contributed by atoms with van der Waals surface area (Å²) in [6.45, 7) is 4.14. The number of hydrogen-bond acceptors (Lipinski definition) is 2. The third-order valence-electron chi connectivity index (χ3n) is 2.61. The number of benzene rings is 1. The first kappa shape index (κ1) is 9.71. The fourth-order valence-corrected chi connectivity index (χ4v) is 1.78. The molecule has 1 aromatic carbocycles. The average molecular weight is 198 g/mol. The van der Waals surface area contributed by atoms with Crippen LogP contribution in [0.15, 0.2) is 36.7 Å². The molecule has 1 heterocycles. The largest absolute Gasteiger partial charge is 0.398 e. The van der Waals surface area contributed by atoms with Crippen molar-refractivity contribution in [3.05, 3.63) is 47.8 Å². The SMILES string of the molecule is Cc1ccncc1-c1c(C)cccc1N. The predicted octanol–water partition coefficient (Wildman–Crippen LogP) is 2.95. The highest BCUT2D eigenvalue weighted by Gasteiger charge is 2.07. The van der Waals surface area contributed by atoms with Crippen molar-refractivity contribution in [1.82, 2.24) is 4.98 Å². The zero-order valence-electron chi connectivity index (χ0n) is 8.99. The third kappa shape index (κ3) is 1.71. The van der Waals surface area contributed by atoms with Crippen LogP contribution in [0.1, 0.15) is 11.1 Å². The van der Waals surface area contributed by atoms with Crippen LogP contribution < -0.4 is 5.73 Å². The van der Waals surface area contributed by atoms with E-state index in [1.54, 1.807) is 6.20 Å². The Morgan fingerprint density at radius 3 is 2.53 bits per heavy atom. The maximum Gasteiger partial charge on any atom is 0.0397 e. The maximum absolute atomic E-state index is 5.99. The Labute approximate surface area is 89.8 Å². The summed E-state index contributed by atoms with van der Waals surface area (Å²) in [4.78, 5) is 4.15. The lowest BCUT2D eigenvalue weighted by molar-refractivity contribution is 1.28. The van der Waals surface area contributed by atoms with Crippen LogP contribution in [-0.2, 0) is 0 Å². The van der Waals surface area contributed by atoms with Gasteiger partial charge < -0.3 is 5.73 Å². The van der Waals surface area contributed by atoms with Gasteiger partial charge in [-0.2, -0.15) is 0 Å². The molecule has 2 N–H and O–H groups in total. The molecule has 1 aromatic heterocycles. The molecule has 0 saturated carbocycles. The number of pyridine rings is 1. The smallest absolute Gasteiger partial charge is 0.0397 e. The lowest BCUT2D eigenvalue weighted by atomic mass is 9.97. The summed E-state index contributed by atoms with van der Waals surface area (Å²) in [5.74, 6) is 0. The molecule has 0 aliphatic carbocycles.